The fourth-order valence-corrected chi connectivity index (χ4v) is 1.08. The van der Waals surface area contributed by atoms with Gasteiger partial charge in [0.15, 0.2) is 0 Å². The zero-order chi connectivity index (χ0) is 10.8. The Balaban J connectivity index is 1.97. The summed E-state index contributed by atoms with van der Waals surface area (Å²) in [4.78, 5) is 27.9. The molecule has 80 valence electrons. The zero-order valence-electron chi connectivity index (χ0n) is 7.70. The highest BCUT2D eigenvalue weighted by Crippen LogP contribution is 2.09. The van der Waals surface area contributed by atoms with Crippen molar-refractivity contribution >= 4 is 11.8 Å². The summed E-state index contributed by atoms with van der Waals surface area (Å²) >= 11 is 0. The van der Waals surface area contributed by atoms with Crippen molar-refractivity contribution in [1.82, 2.24) is 14.8 Å². The fourth-order valence-electron chi connectivity index (χ4n) is 1.08. The predicted molar refractivity (Wildman–Crippen MR) is 47.0 cm³/mol. The highest BCUT2D eigenvalue weighted by atomic mass is 16.7. The molecule has 0 aliphatic carbocycles. The van der Waals surface area contributed by atoms with Crippen LogP contribution in [0.1, 0.15) is 6.42 Å². The van der Waals surface area contributed by atoms with Crippen LogP contribution in [-0.2, 0) is 0 Å². The first-order chi connectivity index (χ1) is 7.16. The third-order valence-corrected chi connectivity index (χ3v) is 2.04. The van der Waals surface area contributed by atoms with Crippen molar-refractivity contribution in [2.45, 2.75) is 6.42 Å². The molecule has 1 fully saturated rings. The van der Waals surface area contributed by atoms with Crippen LogP contribution in [0.3, 0.4) is 0 Å². The van der Waals surface area contributed by atoms with E-state index in [1.807, 2.05) is 0 Å². The van der Waals surface area contributed by atoms with E-state index in [9.17, 15) is 14.9 Å². The summed E-state index contributed by atoms with van der Waals surface area (Å²) in [5.41, 5.74) is -0.216. The SMILES string of the molecule is O=C(On1cc([N+](=O)[O-])cn1)N1CCC1. The van der Waals surface area contributed by atoms with Crippen LogP contribution in [0.25, 0.3) is 0 Å². The van der Waals surface area contributed by atoms with E-state index in [0.29, 0.717) is 13.1 Å². The molecule has 0 unspecified atom stereocenters. The molecule has 0 spiro atoms. The minimum atomic E-state index is -0.610. The number of nitrogens with zero attached hydrogens (tertiary/aromatic N) is 4. The topological polar surface area (TPSA) is 90.5 Å². The van der Waals surface area contributed by atoms with Gasteiger partial charge in [-0.25, -0.2) is 4.79 Å². The average Bonchev–Trinajstić information content (AvgIpc) is 2.48. The second kappa shape index (κ2) is 3.56. The van der Waals surface area contributed by atoms with Crippen molar-refractivity contribution in [1.29, 1.82) is 0 Å². The van der Waals surface area contributed by atoms with Gasteiger partial charge in [0, 0.05) is 13.1 Å². The molecule has 0 saturated carbocycles. The molecule has 8 heteroatoms. The van der Waals surface area contributed by atoms with Crippen molar-refractivity contribution in [2.75, 3.05) is 13.1 Å². The van der Waals surface area contributed by atoms with Gasteiger partial charge in [0.2, 0.25) is 0 Å². The highest BCUT2D eigenvalue weighted by Gasteiger charge is 2.23. The first-order valence-electron chi connectivity index (χ1n) is 4.33. The summed E-state index contributed by atoms with van der Waals surface area (Å²) in [6, 6.07) is 0. The largest absolute Gasteiger partial charge is 0.435 e. The molecular formula is C7H8N4O4. The summed E-state index contributed by atoms with van der Waals surface area (Å²) in [7, 11) is 0. The number of nitro groups is 1. The molecule has 15 heavy (non-hydrogen) atoms. The van der Waals surface area contributed by atoms with Crippen molar-refractivity contribution in [3.8, 4) is 0 Å². The normalized spacial score (nSPS) is 14.5. The standard InChI is InChI=1S/C7H8N4O4/c12-7(9-2-1-3-9)15-10-5-6(4-8-10)11(13)14/h4-5H,1-3H2. The number of hydrogen-bond donors (Lipinski definition) is 0. The summed E-state index contributed by atoms with van der Waals surface area (Å²) in [6.45, 7) is 1.31. The highest BCUT2D eigenvalue weighted by molar-refractivity contribution is 5.68. The van der Waals surface area contributed by atoms with Gasteiger partial charge in [-0.05, 0) is 6.42 Å². The number of carbonyl (C=O) groups excluding carboxylic acids is 1. The predicted octanol–water partition coefficient (Wildman–Crippen LogP) is 0.0456. The van der Waals surface area contributed by atoms with Crippen LogP contribution in [0.4, 0.5) is 10.5 Å². The third kappa shape index (κ3) is 1.87. The number of hydrogen-bond acceptors (Lipinski definition) is 5. The maximum Gasteiger partial charge on any atom is 0.435 e. The molecule has 1 aromatic heterocycles. The third-order valence-electron chi connectivity index (χ3n) is 2.04. The number of rotatable bonds is 2. The molecular weight excluding hydrogens is 204 g/mol. The van der Waals surface area contributed by atoms with E-state index in [1.165, 1.54) is 4.90 Å². The average molecular weight is 212 g/mol. The van der Waals surface area contributed by atoms with Gasteiger partial charge in [-0.3, -0.25) is 15.0 Å². The van der Waals surface area contributed by atoms with Gasteiger partial charge < -0.3 is 4.90 Å². The first-order valence-corrected chi connectivity index (χ1v) is 4.33. The van der Waals surface area contributed by atoms with Crippen LogP contribution in [0.2, 0.25) is 0 Å². The van der Waals surface area contributed by atoms with E-state index in [1.54, 1.807) is 0 Å². The maximum absolute atomic E-state index is 11.2. The van der Waals surface area contributed by atoms with Crippen LogP contribution in [0.5, 0.6) is 0 Å². The van der Waals surface area contributed by atoms with E-state index in [-0.39, 0.29) is 5.69 Å². The second-order valence-electron chi connectivity index (χ2n) is 3.06. The molecule has 1 saturated heterocycles. The Kier molecular flexibility index (Phi) is 2.24. The quantitative estimate of drug-likeness (QED) is 0.510. The van der Waals surface area contributed by atoms with Gasteiger partial charge in [0.05, 0.1) is 4.92 Å². The van der Waals surface area contributed by atoms with Crippen molar-refractivity contribution in [3.05, 3.63) is 22.5 Å². The lowest BCUT2D eigenvalue weighted by atomic mass is 10.2. The summed E-state index contributed by atoms with van der Waals surface area (Å²) in [5.74, 6) is 0. The van der Waals surface area contributed by atoms with Gasteiger partial charge in [-0.15, -0.1) is 5.10 Å². The fraction of sp³-hybridized carbons (Fsp3) is 0.429. The van der Waals surface area contributed by atoms with E-state index in [4.69, 9.17) is 4.84 Å². The Morgan fingerprint density at radius 1 is 1.60 bits per heavy atom. The molecule has 0 aromatic carbocycles. The minimum absolute atomic E-state index is 0.216. The Bertz CT molecular complexity index is 397. The maximum atomic E-state index is 11.2. The first kappa shape index (κ1) is 9.44. The molecule has 1 amide bonds. The van der Waals surface area contributed by atoms with Crippen molar-refractivity contribution < 1.29 is 14.6 Å². The number of amides is 1. The van der Waals surface area contributed by atoms with Crippen LogP contribution >= 0.6 is 0 Å². The van der Waals surface area contributed by atoms with Crippen LogP contribution in [0, 0.1) is 10.1 Å². The van der Waals surface area contributed by atoms with Crippen LogP contribution in [-0.4, -0.2) is 38.9 Å². The minimum Gasteiger partial charge on any atom is -0.306 e. The Hall–Kier alpha value is -2.12. The smallest absolute Gasteiger partial charge is 0.306 e. The lowest BCUT2D eigenvalue weighted by molar-refractivity contribution is -0.385. The number of carbonyl (C=O) groups is 1. The molecule has 0 atom stereocenters. The van der Waals surface area contributed by atoms with E-state index < -0.39 is 11.0 Å². The monoisotopic (exact) mass is 212 g/mol. The summed E-state index contributed by atoms with van der Waals surface area (Å²) < 4.78 is 0. The molecule has 8 nitrogen and oxygen atoms in total. The van der Waals surface area contributed by atoms with Crippen molar-refractivity contribution in [3.63, 3.8) is 0 Å². The lowest BCUT2D eigenvalue weighted by Gasteiger charge is -2.28. The molecule has 2 heterocycles. The lowest BCUT2D eigenvalue weighted by Crippen LogP contribution is -2.45. The molecule has 2 rings (SSSR count). The summed E-state index contributed by atoms with van der Waals surface area (Å²) in [6.07, 6.45) is 2.47. The molecule has 1 aliphatic heterocycles. The number of likely N-dealkylation sites (tertiary alicyclic amines) is 1. The molecule has 0 radical (unpaired) electrons. The van der Waals surface area contributed by atoms with Gasteiger partial charge in [0.1, 0.15) is 12.4 Å². The number of aromatic nitrogens is 2. The van der Waals surface area contributed by atoms with Gasteiger partial charge in [0.25, 0.3) is 0 Å². The Labute approximate surface area is 84.1 Å². The molecule has 1 aliphatic rings. The zero-order valence-corrected chi connectivity index (χ0v) is 7.70. The van der Waals surface area contributed by atoms with E-state index in [0.717, 1.165) is 23.7 Å². The van der Waals surface area contributed by atoms with E-state index >= 15 is 0 Å². The van der Waals surface area contributed by atoms with Crippen LogP contribution in [0.15, 0.2) is 12.4 Å². The van der Waals surface area contributed by atoms with Crippen molar-refractivity contribution in [2.24, 2.45) is 0 Å². The summed E-state index contributed by atoms with van der Waals surface area (Å²) in [5, 5.41) is 13.8. The Morgan fingerprint density at radius 3 is 2.80 bits per heavy atom. The molecule has 1 aromatic rings. The van der Waals surface area contributed by atoms with Gasteiger partial charge in [-0.1, -0.05) is 4.85 Å². The van der Waals surface area contributed by atoms with Crippen LogP contribution < -0.4 is 4.84 Å². The van der Waals surface area contributed by atoms with Gasteiger partial charge >= 0.3 is 11.8 Å². The molecule has 0 bridgehead atoms. The second-order valence-corrected chi connectivity index (χ2v) is 3.06. The Morgan fingerprint density at radius 2 is 2.33 bits per heavy atom. The van der Waals surface area contributed by atoms with Gasteiger partial charge in [-0.2, -0.15) is 0 Å². The molecule has 0 N–H and O–H groups in total. The van der Waals surface area contributed by atoms with E-state index in [2.05, 4.69) is 5.10 Å².